The van der Waals surface area contributed by atoms with Crippen molar-refractivity contribution in [3.63, 3.8) is 0 Å². The third kappa shape index (κ3) is 6.90. The lowest BCUT2D eigenvalue weighted by Gasteiger charge is -2.62. The van der Waals surface area contributed by atoms with Crippen molar-refractivity contribution in [2.24, 2.45) is 0 Å². The van der Waals surface area contributed by atoms with Crippen molar-refractivity contribution in [1.82, 2.24) is 15.5 Å². The van der Waals surface area contributed by atoms with Crippen LogP contribution in [0, 0.1) is 0 Å². The first-order chi connectivity index (χ1) is 27.7. The Morgan fingerprint density at radius 2 is 1.38 bits per heavy atom. The standard InChI is InChI=1S/C41H41N3O14/c1-44-17-16-40-31-23-12-13-26(45)34(31)57-35(40)27(56-29(46)19-24(38(52)53)42-36(50)32(48)21-8-4-2-5-9-21)14-15-41(40,28(44)18-23)58-30(47)20-25(39(54)55)43-37(51)33(49)22-10-6-3-7-11-22/h2-14,24-25,28,32-33,35,45,48-49H,15-20H2,1H3,(H,42,50)(H,43,51)(H,52,53)(H,54,55)/t24-,25-,28-,32-,33-,35+,40+,41-/m0/s1. The number of likely N-dealkylation sites (N-methyl/N-ethyl adjacent to an activating group) is 1. The number of rotatable bonds is 14. The SMILES string of the molecule is CN1CC[C@@]23c4c5ccc(O)c4O[C@@H]2C(OC(=O)C[C@H](NC(=O)[C@@H](O)c2ccccc2)C(=O)O)=CC[C@]3(OC(=O)C[C@H](NC(=O)[C@@H](O)c2ccccc2)C(=O)O)[C@@H]1C5. The first kappa shape index (κ1) is 39.9. The zero-order valence-electron chi connectivity index (χ0n) is 31.1. The van der Waals surface area contributed by atoms with E-state index in [1.54, 1.807) is 42.5 Å². The number of amides is 2. The van der Waals surface area contributed by atoms with Crippen molar-refractivity contribution < 1.29 is 68.5 Å². The summed E-state index contributed by atoms with van der Waals surface area (Å²) in [5, 5.41) is 56.4. The van der Waals surface area contributed by atoms with Crippen LogP contribution in [0.25, 0.3) is 0 Å². The summed E-state index contributed by atoms with van der Waals surface area (Å²) >= 11 is 0. The number of carbonyl (C=O) groups is 6. The van der Waals surface area contributed by atoms with E-state index >= 15 is 0 Å². The number of nitrogens with zero attached hydrogens (tertiary/aromatic N) is 1. The van der Waals surface area contributed by atoms with Gasteiger partial charge in [-0.25, -0.2) is 9.59 Å². The van der Waals surface area contributed by atoms with Crippen molar-refractivity contribution in [3.05, 3.63) is 107 Å². The molecule has 2 heterocycles. The number of aliphatic hydroxyl groups is 2. The second-order valence-electron chi connectivity index (χ2n) is 14.8. The van der Waals surface area contributed by atoms with Crippen LogP contribution >= 0.6 is 0 Å². The number of phenols is 1. The molecule has 4 aliphatic rings. The van der Waals surface area contributed by atoms with Crippen LogP contribution in [0.2, 0.25) is 0 Å². The van der Waals surface area contributed by atoms with Gasteiger partial charge in [0.1, 0.15) is 23.4 Å². The monoisotopic (exact) mass is 799 g/mol. The second-order valence-corrected chi connectivity index (χ2v) is 14.8. The first-order valence-corrected chi connectivity index (χ1v) is 18.5. The van der Waals surface area contributed by atoms with E-state index in [-0.39, 0.29) is 41.2 Å². The Bertz CT molecular complexity index is 2180. The van der Waals surface area contributed by atoms with Crippen LogP contribution in [0.1, 0.15) is 60.1 Å². The summed E-state index contributed by atoms with van der Waals surface area (Å²) in [6, 6.07) is 14.7. The highest BCUT2D eigenvalue weighted by Gasteiger charge is 2.74. The van der Waals surface area contributed by atoms with Crippen LogP contribution in [0.4, 0.5) is 0 Å². The lowest BCUT2D eigenvalue weighted by atomic mass is 9.50. The summed E-state index contributed by atoms with van der Waals surface area (Å²) in [4.78, 5) is 79.7. The zero-order valence-corrected chi connectivity index (χ0v) is 31.1. The number of aromatic hydroxyl groups is 1. The van der Waals surface area contributed by atoms with E-state index < -0.39 is 96.0 Å². The molecule has 58 heavy (non-hydrogen) atoms. The minimum Gasteiger partial charge on any atom is -0.504 e. The number of esters is 2. The van der Waals surface area contributed by atoms with Crippen LogP contribution in [0.15, 0.2) is 84.6 Å². The van der Waals surface area contributed by atoms with Crippen molar-refractivity contribution in [3.8, 4) is 11.5 Å². The largest absolute Gasteiger partial charge is 0.504 e. The maximum Gasteiger partial charge on any atom is 0.326 e. The summed E-state index contributed by atoms with van der Waals surface area (Å²) in [5.74, 6) is -7.50. The van der Waals surface area contributed by atoms with Crippen LogP contribution in [-0.2, 0) is 50.1 Å². The average molecular weight is 800 g/mol. The first-order valence-electron chi connectivity index (χ1n) is 18.5. The number of phenolic OH excluding ortho intramolecular Hbond substituents is 1. The van der Waals surface area contributed by atoms with Gasteiger partial charge in [-0.3, -0.25) is 24.1 Å². The number of carboxylic acids is 2. The summed E-state index contributed by atoms with van der Waals surface area (Å²) in [5.41, 5.74) is -1.10. The number of piperidine rings is 1. The third-order valence-electron chi connectivity index (χ3n) is 11.5. The summed E-state index contributed by atoms with van der Waals surface area (Å²) in [7, 11) is 1.84. The molecule has 17 nitrogen and oxygen atoms in total. The Hall–Kier alpha value is -6.30. The lowest BCUT2D eigenvalue weighted by Crippen LogP contribution is -2.75. The van der Waals surface area contributed by atoms with E-state index in [0.29, 0.717) is 18.5 Å². The van der Waals surface area contributed by atoms with Gasteiger partial charge in [-0.1, -0.05) is 66.7 Å². The molecule has 1 fully saturated rings. The molecule has 1 saturated heterocycles. The minimum absolute atomic E-state index is 0.0613. The molecule has 3 aromatic rings. The predicted octanol–water partition coefficient (Wildman–Crippen LogP) is 1.15. The number of ether oxygens (including phenoxy) is 3. The number of nitrogens with one attached hydrogen (secondary N) is 2. The van der Waals surface area contributed by atoms with Gasteiger partial charge in [0, 0.05) is 12.0 Å². The molecule has 0 saturated carbocycles. The molecular weight excluding hydrogens is 758 g/mol. The number of hydrogen-bond acceptors (Lipinski definition) is 13. The molecule has 304 valence electrons. The quantitative estimate of drug-likeness (QED) is 0.113. The number of aliphatic carboxylic acids is 2. The molecule has 2 aliphatic heterocycles. The summed E-state index contributed by atoms with van der Waals surface area (Å²) < 4.78 is 18.6. The molecule has 8 atom stereocenters. The number of carbonyl (C=O) groups excluding carboxylic acids is 4. The number of likely N-dealkylation sites (tertiary alicyclic amines) is 1. The maximum absolute atomic E-state index is 14.0. The van der Waals surface area contributed by atoms with E-state index in [0.717, 1.165) is 5.56 Å². The summed E-state index contributed by atoms with van der Waals surface area (Å²) in [6.07, 6.45) is -4.37. The van der Waals surface area contributed by atoms with E-state index in [1.165, 1.54) is 36.4 Å². The van der Waals surface area contributed by atoms with Gasteiger partial charge in [0.2, 0.25) is 0 Å². The van der Waals surface area contributed by atoms with E-state index in [9.17, 15) is 54.3 Å². The summed E-state index contributed by atoms with van der Waals surface area (Å²) in [6.45, 7) is 0.432. The van der Waals surface area contributed by atoms with Gasteiger partial charge in [-0.15, -0.1) is 0 Å². The van der Waals surface area contributed by atoms with Crippen molar-refractivity contribution >= 4 is 35.7 Å². The highest BCUT2D eigenvalue weighted by atomic mass is 16.6. The van der Waals surface area contributed by atoms with Gasteiger partial charge in [0.05, 0.1) is 24.3 Å². The highest BCUT2D eigenvalue weighted by Crippen LogP contribution is 2.66. The molecule has 0 aromatic heterocycles. The van der Waals surface area contributed by atoms with Crippen LogP contribution < -0.4 is 15.4 Å². The highest BCUT2D eigenvalue weighted by molar-refractivity contribution is 5.90. The fourth-order valence-electron chi connectivity index (χ4n) is 8.83. The number of carboxylic acid groups (broad SMARTS) is 2. The molecule has 7 rings (SSSR count). The van der Waals surface area contributed by atoms with Gasteiger partial charge in [0.15, 0.2) is 29.8 Å². The number of benzene rings is 3. The van der Waals surface area contributed by atoms with E-state index in [4.69, 9.17) is 14.2 Å². The van der Waals surface area contributed by atoms with Crippen molar-refractivity contribution in [1.29, 1.82) is 0 Å². The molecule has 0 unspecified atom stereocenters. The third-order valence-corrected chi connectivity index (χ3v) is 11.5. The van der Waals surface area contributed by atoms with Gasteiger partial charge in [-0.05, 0) is 55.3 Å². The lowest BCUT2D eigenvalue weighted by molar-refractivity contribution is -0.207. The maximum atomic E-state index is 14.0. The fourth-order valence-corrected chi connectivity index (χ4v) is 8.83. The van der Waals surface area contributed by atoms with Crippen LogP contribution in [0.5, 0.6) is 11.5 Å². The second kappa shape index (κ2) is 15.6. The molecule has 17 heteroatoms. The van der Waals surface area contributed by atoms with E-state index in [2.05, 4.69) is 10.6 Å². The molecule has 2 aliphatic carbocycles. The molecule has 3 aromatic carbocycles. The Morgan fingerprint density at radius 3 is 1.93 bits per heavy atom. The normalized spacial score (nSPS) is 24.6. The zero-order chi connectivity index (χ0) is 41.5. The minimum atomic E-state index is -1.79. The molecule has 1 spiro atoms. The average Bonchev–Trinajstić information content (AvgIpc) is 3.57. The van der Waals surface area contributed by atoms with E-state index in [1.807, 2.05) is 11.9 Å². The molecular formula is C41H41N3O14. The fraction of sp³-hybridized carbons (Fsp3) is 0.366. The van der Waals surface area contributed by atoms with Gasteiger partial charge in [0.25, 0.3) is 11.8 Å². The Morgan fingerprint density at radius 1 is 0.828 bits per heavy atom. The van der Waals surface area contributed by atoms with Crippen LogP contribution in [0.3, 0.4) is 0 Å². The Labute approximate surface area is 330 Å². The van der Waals surface area contributed by atoms with Crippen molar-refractivity contribution in [2.45, 2.75) is 79.6 Å². The smallest absolute Gasteiger partial charge is 0.326 e. The molecule has 0 radical (unpaired) electrons. The predicted molar refractivity (Wildman–Crippen MR) is 198 cm³/mol. The van der Waals surface area contributed by atoms with Gasteiger partial charge < -0.3 is 50.4 Å². The topological polar surface area (TPSA) is 259 Å². The molecule has 7 N–H and O–H groups in total. The number of hydrogen-bond donors (Lipinski definition) is 7. The Balaban J connectivity index is 1.16. The van der Waals surface area contributed by atoms with Gasteiger partial charge >= 0.3 is 23.9 Å². The van der Waals surface area contributed by atoms with Crippen LogP contribution in [-0.4, -0.2) is 110 Å². The molecule has 2 amide bonds. The van der Waals surface area contributed by atoms with Gasteiger partial charge in [-0.2, -0.15) is 0 Å². The number of aliphatic hydroxyl groups excluding tert-OH is 2. The molecule has 2 bridgehead atoms. The van der Waals surface area contributed by atoms with Crippen molar-refractivity contribution in [2.75, 3.05) is 13.6 Å². The Kier molecular flexibility index (Phi) is 10.7.